The number of H-pyrrole nitrogens is 1. The fourth-order valence-corrected chi connectivity index (χ4v) is 2.83. The van der Waals surface area contributed by atoms with E-state index in [0.29, 0.717) is 12.2 Å². The van der Waals surface area contributed by atoms with Crippen LogP contribution < -0.4 is 14.8 Å². The number of carbonyl (C=O) groups excluding carboxylic acids is 1. The van der Waals surface area contributed by atoms with E-state index in [1.807, 2.05) is 49.4 Å². The van der Waals surface area contributed by atoms with Gasteiger partial charge in [-0.3, -0.25) is 4.79 Å². The molecule has 2 heterocycles. The van der Waals surface area contributed by atoms with Gasteiger partial charge in [-0.25, -0.2) is 0 Å². The smallest absolute Gasteiger partial charge is 0.268 e. The summed E-state index contributed by atoms with van der Waals surface area (Å²) < 4.78 is 10.6. The van der Waals surface area contributed by atoms with Crippen LogP contribution in [-0.4, -0.2) is 17.7 Å². The normalized spacial score (nSPS) is 12.6. The molecule has 0 saturated carbocycles. The number of hydrogen-bond acceptors (Lipinski definition) is 3. The summed E-state index contributed by atoms with van der Waals surface area (Å²) in [5, 5.41) is 4.01. The number of amides is 1. The zero-order valence-corrected chi connectivity index (χ0v) is 12.7. The molecule has 116 valence electrons. The summed E-state index contributed by atoms with van der Waals surface area (Å²) in [7, 11) is 0. The Morgan fingerprint density at radius 1 is 1.17 bits per heavy atom. The molecule has 5 heteroatoms. The van der Waals surface area contributed by atoms with Crippen molar-refractivity contribution in [2.75, 3.05) is 6.79 Å². The number of benzene rings is 2. The van der Waals surface area contributed by atoms with Gasteiger partial charge in [0, 0.05) is 17.4 Å². The first-order valence-electron chi connectivity index (χ1n) is 7.46. The van der Waals surface area contributed by atoms with Crippen LogP contribution in [-0.2, 0) is 6.54 Å². The molecule has 0 saturated heterocycles. The second kappa shape index (κ2) is 5.35. The van der Waals surface area contributed by atoms with Gasteiger partial charge in [-0.05, 0) is 36.2 Å². The first-order chi connectivity index (χ1) is 11.2. The number of carbonyl (C=O) groups is 1. The summed E-state index contributed by atoms with van der Waals surface area (Å²) in [6.07, 6.45) is 0. The standard InChI is InChI=1S/C18H16N2O3/c1-11-13-4-2-3-5-14(13)20-17(11)18(21)19-9-12-6-7-15-16(8-12)23-10-22-15/h2-8,20H,9-10H2,1H3,(H,19,21). The minimum absolute atomic E-state index is 0.114. The van der Waals surface area contributed by atoms with Crippen molar-refractivity contribution >= 4 is 16.8 Å². The lowest BCUT2D eigenvalue weighted by atomic mass is 10.1. The van der Waals surface area contributed by atoms with Gasteiger partial charge in [0.15, 0.2) is 11.5 Å². The molecule has 0 spiro atoms. The maximum absolute atomic E-state index is 12.4. The van der Waals surface area contributed by atoms with Crippen LogP contribution in [0.5, 0.6) is 11.5 Å². The maximum atomic E-state index is 12.4. The third kappa shape index (κ3) is 2.40. The fourth-order valence-electron chi connectivity index (χ4n) is 2.83. The molecule has 2 N–H and O–H groups in total. The van der Waals surface area contributed by atoms with Crippen molar-refractivity contribution in [3.8, 4) is 11.5 Å². The van der Waals surface area contributed by atoms with Gasteiger partial charge in [0.1, 0.15) is 5.69 Å². The summed E-state index contributed by atoms with van der Waals surface area (Å²) >= 11 is 0. The highest BCUT2D eigenvalue weighted by atomic mass is 16.7. The molecule has 5 nitrogen and oxygen atoms in total. The largest absolute Gasteiger partial charge is 0.454 e. The Hall–Kier alpha value is -2.95. The van der Waals surface area contributed by atoms with Gasteiger partial charge in [0.25, 0.3) is 5.91 Å². The third-order valence-corrected chi connectivity index (χ3v) is 4.08. The van der Waals surface area contributed by atoms with E-state index < -0.39 is 0 Å². The van der Waals surface area contributed by atoms with Crippen molar-refractivity contribution in [3.05, 3.63) is 59.3 Å². The van der Waals surface area contributed by atoms with Crippen LogP contribution in [0.1, 0.15) is 21.6 Å². The summed E-state index contributed by atoms with van der Waals surface area (Å²) in [5.41, 5.74) is 3.50. The Morgan fingerprint density at radius 3 is 2.87 bits per heavy atom. The minimum Gasteiger partial charge on any atom is -0.454 e. The highest BCUT2D eigenvalue weighted by molar-refractivity contribution is 6.00. The second-order valence-corrected chi connectivity index (χ2v) is 5.54. The van der Waals surface area contributed by atoms with Gasteiger partial charge in [-0.1, -0.05) is 24.3 Å². The molecule has 1 amide bonds. The zero-order chi connectivity index (χ0) is 15.8. The number of nitrogens with one attached hydrogen (secondary N) is 2. The zero-order valence-electron chi connectivity index (χ0n) is 12.7. The van der Waals surface area contributed by atoms with Crippen LogP contribution in [0.2, 0.25) is 0 Å². The van der Waals surface area contributed by atoms with Crippen molar-refractivity contribution in [2.24, 2.45) is 0 Å². The lowest BCUT2D eigenvalue weighted by Crippen LogP contribution is -2.23. The van der Waals surface area contributed by atoms with E-state index in [0.717, 1.165) is 33.5 Å². The topological polar surface area (TPSA) is 63.4 Å². The molecule has 2 aromatic carbocycles. The average Bonchev–Trinajstić information content (AvgIpc) is 3.17. The van der Waals surface area contributed by atoms with Crippen LogP contribution in [0.15, 0.2) is 42.5 Å². The predicted molar refractivity (Wildman–Crippen MR) is 86.8 cm³/mol. The molecule has 1 aliphatic rings. The Bertz CT molecular complexity index is 898. The number of aryl methyl sites for hydroxylation is 1. The van der Waals surface area contributed by atoms with E-state index in [4.69, 9.17) is 9.47 Å². The molecule has 0 aliphatic carbocycles. The Kier molecular flexibility index (Phi) is 3.19. The molecule has 0 unspecified atom stereocenters. The van der Waals surface area contributed by atoms with E-state index in [9.17, 15) is 4.79 Å². The van der Waals surface area contributed by atoms with Gasteiger partial charge in [0.05, 0.1) is 0 Å². The Labute approximate surface area is 133 Å². The van der Waals surface area contributed by atoms with E-state index in [-0.39, 0.29) is 12.7 Å². The summed E-state index contributed by atoms with van der Waals surface area (Å²) in [6.45, 7) is 2.64. The van der Waals surface area contributed by atoms with Crippen LogP contribution in [0.25, 0.3) is 10.9 Å². The van der Waals surface area contributed by atoms with Gasteiger partial charge in [-0.15, -0.1) is 0 Å². The molecular weight excluding hydrogens is 292 g/mol. The van der Waals surface area contributed by atoms with E-state index >= 15 is 0 Å². The molecule has 1 aromatic heterocycles. The molecular formula is C18H16N2O3. The number of aromatic nitrogens is 1. The van der Waals surface area contributed by atoms with Crippen LogP contribution in [0.3, 0.4) is 0 Å². The number of para-hydroxylation sites is 1. The predicted octanol–water partition coefficient (Wildman–Crippen LogP) is 3.14. The van der Waals surface area contributed by atoms with Crippen LogP contribution >= 0.6 is 0 Å². The number of rotatable bonds is 3. The first kappa shape index (κ1) is 13.7. The van der Waals surface area contributed by atoms with Crippen molar-refractivity contribution in [1.82, 2.24) is 10.3 Å². The first-order valence-corrected chi connectivity index (χ1v) is 7.46. The van der Waals surface area contributed by atoms with Gasteiger partial charge < -0.3 is 19.8 Å². The number of fused-ring (bicyclic) bond motifs is 2. The molecule has 23 heavy (non-hydrogen) atoms. The van der Waals surface area contributed by atoms with Crippen LogP contribution in [0, 0.1) is 6.92 Å². The molecule has 1 aliphatic heterocycles. The molecule has 0 atom stereocenters. The lowest BCUT2D eigenvalue weighted by molar-refractivity contribution is 0.0946. The summed E-state index contributed by atoms with van der Waals surface area (Å²) in [4.78, 5) is 15.6. The van der Waals surface area contributed by atoms with E-state index in [2.05, 4.69) is 10.3 Å². The molecule has 0 fully saturated rings. The summed E-state index contributed by atoms with van der Waals surface area (Å²) in [5.74, 6) is 1.35. The quantitative estimate of drug-likeness (QED) is 0.781. The van der Waals surface area contributed by atoms with Crippen molar-refractivity contribution in [3.63, 3.8) is 0 Å². The number of aromatic amines is 1. The SMILES string of the molecule is Cc1c(C(=O)NCc2ccc3c(c2)OCO3)[nH]c2ccccc12. The van der Waals surface area contributed by atoms with Crippen molar-refractivity contribution < 1.29 is 14.3 Å². The number of hydrogen-bond donors (Lipinski definition) is 2. The van der Waals surface area contributed by atoms with Crippen molar-refractivity contribution in [2.45, 2.75) is 13.5 Å². The minimum atomic E-state index is -0.114. The monoisotopic (exact) mass is 308 g/mol. The average molecular weight is 308 g/mol. The third-order valence-electron chi connectivity index (χ3n) is 4.08. The van der Waals surface area contributed by atoms with Gasteiger partial charge in [-0.2, -0.15) is 0 Å². The molecule has 0 bridgehead atoms. The highest BCUT2D eigenvalue weighted by Crippen LogP contribution is 2.32. The van der Waals surface area contributed by atoms with Crippen molar-refractivity contribution in [1.29, 1.82) is 0 Å². The molecule has 0 radical (unpaired) electrons. The molecule has 4 rings (SSSR count). The van der Waals surface area contributed by atoms with Crippen LogP contribution in [0.4, 0.5) is 0 Å². The Morgan fingerprint density at radius 2 is 2.00 bits per heavy atom. The lowest BCUT2D eigenvalue weighted by Gasteiger charge is -2.06. The molecule has 3 aromatic rings. The van der Waals surface area contributed by atoms with Gasteiger partial charge >= 0.3 is 0 Å². The Balaban J connectivity index is 1.52. The van der Waals surface area contributed by atoms with E-state index in [1.165, 1.54) is 0 Å². The second-order valence-electron chi connectivity index (χ2n) is 5.54. The fraction of sp³-hybridized carbons (Fsp3) is 0.167. The number of ether oxygens (including phenoxy) is 2. The van der Waals surface area contributed by atoms with Gasteiger partial charge in [0.2, 0.25) is 6.79 Å². The van der Waals surface area contributed by atoms with E-state index in [1.54, 1.807) is 0 Å². The summed E-state index contributed by atoms with van der Waals surface area (Å²) in [6, 6.07) is 13.6. The highest BCUT2D eigenvalue weighted by Gasteiger charge is 2.16. The maximum Gasteiger partial charge on any atom is 0.268 e.